The zero-order valence-corrected chi connectivity index (χ0v) is 19.0. The van der Waals surface area contributed by atoms with Crippen LogP contribution in [0.15, 0.2) is 72.4 Å². The molecular weight excluding hydrogens is 424 g/mol. The van der Waals surface area contributed by atoms with Gasteiger partial charge in [0.1, 0.15) is 16.5 Å². The molecule has 31 heavy (non-hydrogen) atoms. The predicted octanol–water partition coefficient (Wildman–Crippen LogP) is 6.48. The number of nitrogens with zero attached hydrogens (tertiary/aromatic N) is 4. The van der Waals surface area contributed by atoms with Gasteiger partial charge in [0.2, 0.25) is 0 Å². The van der Waals surface area contributed by atoms with Gasteiger partial charge in [0.15, 0.2) is 0 Å². The highest BCUT2D eigenvalue weighted by atomic mass is 32.1. The van der Waals surface area contributed by atoms with Crippen molar-refractivity contribution >= 4 is 54.1 Å². The van der Waals surface area contributed by atoms with Gasteiger partial charge in [-0.15, -0.1) is 22.7 Å². The van der Waals surface area contributed by atoms with E-state index in [-0.39, 0.29) is 0 Å². The van der Waals surface area contributed by atoms with Crippen LogP contribution in [0.3, 0.4) is 0 Å². The SMILES string of the molecule is CN1C=CN(c2cccc(Oc3cccc(N4CN(C)c5sc6ccsc6c54)c3)c2)C1. The lowest BCUT2D eigenvalue weighted by atomic mass is 10.2. The average molecular weight is 447 g/mol. The van der Waals surface area contributed by atoms with E-state index in [2.05, 4.69) is 87.9 Å². The molecule has 0 spiro atoms. The van der Waals surface area contributed by atoms with E-state index in [4.69, 9.17) is 4.74 Å². The molecule has 2 aliphatic rings. The first-order chi connectivity index (χ1) is 15.2. The fraction of sp³-hybridized carbons (Fsp3) is 0.167. The van der Waals surface area contributed by atoms with Gasteiger partial charge < -0.3 is 24.3 Å². The van der Waals surface area contributed by atoms with Gasteiger partial charge in [-0.3, -0.25) is 0 Å². The second kappa shape index (κ2) is 7.21. The van der Waals surface area contributed by atoms with Gasteiger partial charge in [-0.1, -0.05) is 12.1 Å². The molecule has 0 atom stereocenters. The molecule has 156 valence electrons. The van der Waals surface area contributed by atoms with Gasteiger partial charge in [0, 0.05) is 54.7 Å². The molecule has 0 radical (unpaired) electrons. The highest BCUT2D eigenvalue weighted by Gasteiger charge is 2.30. The fourth-order valence-electron chi connectivity index (χ4n) is 4.13. The lowest BCUT2D eigenvalue weighted by Gasteiger charge is -2.21. The maximum absolute atomic E-state index is 6.28. The van der Waals surface area contributed by atoms with Gasteiger partial charge in [-0.2, -0.15) is 0 Å². The van der Waals surface area contributed by atoms with Crippen molar-refractivity contribution in [3.8, 4) is 11.5 Å². The van der Waals surface area contributed by atoms with Crippen LogP contribution in [0.2, 0.25) is 0 Å². The van der Waals surface area contributed by atoms with Crippen molar-refractivity contribution in [1.29, 1.82) is 0 Å². The third-order valence-corrected chi connectivity index (χ3v) is 7.92. The summed E-state index contributed by atoms with van der Waals surface area (Å²) in [5, 5.41) is 3.52. The van der Waals surface area contributed by atoms with Gasteiger partial charge in [-0.05, 0) is 35.7 Å². The van der Waals surface area contributed by atoms with E-state index >= 15 is 0 Å². The molecule has 0 saturated heterocycles. The summed E-state index contributed by atoms with van der Waals surface area (Å²) in [6, 6.07) is 18.9. The molecule has 7 heteroatoms. The third-order valence-electron chi connectivity index (χ3n) is 5.61. The summed E-state index contributed by atoms with van der Waals surface area (Å²) >= 11 is 3.69. The molecule has 0 unspecified atom stereocenters. The van der Waals surface area contributed by atoms with Crippen molar-refractivity contribution < 1.29 is 4.74 Å². The maximum Gasteiger partial charge on any atom is 0.129 e. The van der Waals surface area contributed by atoms with Crippen LogP contribution in [0.5, 0.6) is 11.5 Å². The number of benzene rings is 2. The van der Waals surface area contributed by atoms with Gasteiger partial charge in [0.25, 0.3) is 0 Å². The third kappa shape index (κ3) is 3.21. The van der Waals surface area contributed by atoms with E-state index < -0.39 is 0 Å². The number of thiophene rings is 2. The fourth-order valence-corrected chi connectivity index (χ4v) is 6.45. The Balaban J connectivity index is 1.29. The average Bonchev–Trinajstić information content (AvgIpc) is 3.52. The van der Waals surface area contributed by atoms with E-state index in [0.717, 1.165) is 36.2 Å². The number of rotatable bonds is 4. The standard InChI is InChI=1S/C24H22N4OS2/c1-25-10-11-27(15-25)17-5-3-7-19(13-17)29-20-8-4-6-18(14-20)28-16-26(2)24-22(28)23-21(31-24)9-12-30-23/h3-14H,15-16H2,1-2H3. The number of hydrogen-bond donors (Lipinski definition) is 0. The van der Waals surface area contributed by atoms with E-state index in [1.165, 1.54) is 20.1 Å². The van der Waals surface area contributed by atoms with Crippen molar-refractivity contribution in [2.45, 2.75) is 0 Å². The molecule has 0 fully saturated rings. The van der Waals surface area contributed by atoms with E-state index in [1.807, 2.05) is 40.9 Å². The summed E-state index contributed by atoms with van der Waals surface area (Å²) in [6.07, 6.45) is 4.17. The summed E-state index contributed by atoms with van der Waals surface area (Å²) in [4.78, 5) is 9.06. The zero-order valence-electron chi connectivity index (χ0n) is 17.4. The first-order valence-corrected chi connectivity index (χ1v) is 11.9. The minimum Gasteiger partial charge on any atom is -0.457 e. The number of fused-ring (bicyclic) bond motifs is 3. The van der Waals surface area contributed by atoms with Crippen molar-refractivity contribution in [2.24, 2.45) is 0 Å². The summed E-state index contributed by atoms with van der Waals surface area (Å²) < 4.78 is 9.00. The quantitative estimate of drug-likeness (QED) is 0.357. The molecule has 0 saturated carbocycles. The van der Waals surface area contributed by atoms with E-state index in [0.29, 0.717) is 0 Å². The second-order valence-corrected chi connectivity index (χ2v) is 9.85. The maximum atomic E-state index is 6.28. The molecular formula is C24H22N4OS2. The molecule has 0 aliphatic carbocycles. The van der Waals surface area contributed by atoms with Crippen molar-refractivity contribution in [3.05, 3.63) is 72.4 Å². The normalized spacial score (nSPS) is 15.4. The summed E-state index contributed by atoms with van der Waals surface area (Å²) in [7, 11) is 4.23. The van der Waals surface area contributed by atoms with Crippen LogP contribution >= 0.6 is 22.7 Å². The Bertz CT molecular complexity index is 1290. The van der Waals surface area contributed by atoms with Crippen molar-refractivity contribution in [3.63, 3.8) is 0 Å². The van der Waals surface area contributed by atoms with Gasteiger partial charge >= 0.3 is 0 Å². The highest BCUT2D eigenvalue weighted by Crippen LogP contribution is 2.52. The minimum absolute atomic E-state index is 0.841. The molecule has 4 aromatic rings. The largest absolute Gasteiger partial charge is 0.457 e. The molecule has 0 amide bonds. The molecule has 2 aromatic heterocycles. The lowest BCUT2D eigenvalue weighted by molar-refractivity contribution is 0.481. The van der Waals surface area contributed by atoms with Gasteiger partial charge in [0.05, 0.1) is 23.7 Å². The van der Waals surface area contributed by atoms with Crippen LogP contribution < -0.4 is 19.4 Å². The monoisotopic (exact) mass is 446 g/mol. The van der Waals surface area contributed by atoms with Crippen molar-refractivity contribution in [2.75, 3.05) is 42.1 Å². The molecule has 5 nitrogen and oxygen atoms in total. The van der Waals surface area contributed by atoms with Crippen LogP contribution in [-0.4, -0.2) is 32.3 Å². The van der Waals surface area contributed by atoms with E-state index in [1.54, 1.807) is 0 Å². The molecule has 2 aromatic carbocycles. The number of ether oxygens (including phenoxy) is 1. The van der Waals surface area contributed by atoms with Crippen LogP contribution in [0.4, 0.5) is 22.1 Å². The molecule has 0 bridgehead atoms. The number of hydrogen-bond acceptors (Lipinski definition) is 7. The molecule has 6 rings (SSSR count). The van der Waals surface area contributed by atoms with Crippen LogP contribution in [0.25, 0.3) is 9.40 Å². The summed E-state index contributed by atoms with van der Waals surface area (Å²) in [5.74, 6) is 1.69. The first kappa shape index (κ1) is 18.6. The lowest BCUT2D eigenvalue weighted by Crippen LogP contribution is -2.24. The summed E-state index contributed by atoms with van der Waals surface area (Å²) in [5.41, 5.74) is 3.59. The Morgan fingerprint density at radius 3 is 2.42 bits per heavy atom. The second-order valence-electron chi connectivity index (χ2n) is 7.90. The Morgan fingerprint density at radius 2 is 1.65 bits per heavy atom. The smallest absolute Gasteiger partial charge is 0.129 e. The minimum atomic E-state index is 0.841. The Labute approximate surface area is 189 Å². The topological polar surface area (TPSA) is 22.2 Å². The van der Waals surface area contributed by atoms with Gasteiger partial charge in [-0.25, -0.2) is 0 Å². The summed E-state index contributed by atoms with van der Waals surface area (Å²) in [6.45, 7) is 1.70. The molecule has 2 aliphatic heterocycles. The number of anilines is 4. The van der Waals surface area contributed by atoms with Crippen LogP contribution in [0.1, 0.15) is 0 Å². The molecule has 4 heterocycles. The molecule has 0 N–H and O–H groups in total. The van der Waals surface area contributed by atoms with Crippen molar-refractivity contribution in [1.82, 2.24) is 4.90 Å². The zero-order chi connectivity index (χ0) is 20.9. The first-order valence-electron chi connectivity index (χ1n) is 10.2. The predicted molar refractivity (Wildman–Crippen MR) is 132 cm³/mol. The Kier molecular flexibility index (Phi) is 4.33. The van der Waals surface area contributed by atoms with E-state index in [9.17, 15) is 0 Å². The van der Waals surface area contributed by atoms with Crippen LogP contribution in [0, 0.1) is 0 Å². The Morgan fingerprint density at radius 1 is 0.871 bits per heavy atom. The Hall–Kier alpha value is -3.16. The highest BCUT2D eigenvalue weighted by molar-refractivity contribution is 7.30. The van der Waals surface area contributed by atoms with Crippen LogP contribution in [-0.2, 0) is 0 Å².